The Kier molecular flexibility index (Phi) is 12.6. The molecule has 4 atom stereocenters. The number of unbranched alkanes of at least 4 members (excludes halogenated alkanes) is 1. The zero-order chi connectivity index (χ0) is 34.0. The maximum absolute atomic E-state index is 13.8. The Hall–Kier alpha value is -4.13. The molecular weight excluding hydrogens is 628 g/mol. The van der Waals surface area contributed by atoms with Crippen LogP contribution in [0.1, 0.15) is 64.0 Å². The SMILES string of the molecule is C=CCOC(=O)N1C[C@H](OCc2ccc(Cl)cc2)C[C@H]1C(=O)N[C@@H](CCCCNC(=O)OC(C)(C)C)C(O)c1nc2ccccc2o1. The number of aliphatic hydroxyl groups is 1. The summed E-state index contributed by atoms with van der Waals surface area (Å²) in [6.07, 6.45) is 0.137. The number of hydrogen-bond donors (Lipinski definition) is 3. The number of hydrogen-bond acceptors (Lipinski definition) is 9. The molecule has 0 radical (unpaired) electrons. The predicted octanol–water partition coefficient (Wildman–Crippen LogP) is 5.68. The van der Waals surface area contributed by atoms with Crippen LogP contribution in [0.2, 0.25) is 5.02 Å². The van der Waals surface area contributed by atoms with E-state index in [1.54, 1.807) is 51.1 Å². The summed E-state index contributed by atoms with van der Waals surface area (Å²) in [7, 11) is 0. The van der Waals surface area contributed by atoms with Crippen LogP contribution in [0.15, 0.2) is 65.6 Å². The predicted molar refractivity (Wildman–Crippen MR) is 176 cm³/mol. The van der Waals surface area contributed by atoms with Crippen molar-refractivity contribution in [1.82, 2.24) is 20.5 Å². The van der Waals surface area contributed by atoms with E-state index in [4.69, 9.17) is 30.2 Å². The first kappa shape index (κ1) is 35.7. The number of amides is 3. The third-order valence-electron chi connectivity index (χ3n) is 7.41. The van der Waals surface area contributed by atoms with Gasteiger partial charge in [0.15, 0.2) is 11.7 Å². The number of nitrogens with one attached hydrogen (secondary N) is 2. The number of aliphatic hydroxyl groups excluding tert-OH is 1. The molecule has 1 saturated heterocycles. The average Bonchev–Trinajstić information content (AvgIpc) is 3.66. The summed E-state index contributed by atoms with van der Waals surface area (Å²) in [6, 6.07) is 12.6. The molecule has 47 heavy (non-hydrogen) atoms. The molecular formula is C34H43ClN4O8. The Balaban J connectivity index is 1.45. The van der Waals surface area contributed by atoms with Crippen LogP contribution in [0.25, 0.3) is 11.1 Å². The largest absolute Gasteiger partial charge is 0.445 e. The van der Waals surface area contributed by atoms with E-state index in [9.17, 15) is 19.5 Å². The molecule has 3 aromatic rings. The Morgan fingerprint density at radius 3 is 2.62 bits per heavy atom. The van der Waals surface area contributed by atoms with E-state index in [1.165, 1.54) is 11.0 Å². The number of aromatic nitrogens is 1. The number of benzene rings is 2. The first-order valence-corrected chi connectivity index (χ1v) is 16.0. The van der Waals surface area contributed by atoms with Gasteiger partial charge in [-0.2, -0.15) is 0 Å². The van der Waals surface area contributed by atoms with Crippen molar-refractivity contribution in [2.75, 3.05) is 19.7 Å². The van der Waals surface area contributed by atoms with Gasteiger partial charge in [-0.3, -0.25) is 9.69 Å². The summed E-state index contributed by atoms with van der Waals surface area (Å²) in [5, 5.41) is 17.7. The van der Waals surface area contributed by atoms with Gasteiger partial charge in [0.25, 0.3) is 0 Å². The van der Waals surface area contributed by atoms with Crippen molar-refractivity contribution in [2.24, 2.45) is 0 Å². The molecule has 3 amide bonds. The minimum absolute atomic E-state index is 0.0175. The average molecular weight is 671 g/mol. The van der Waals surface area contributed by atoms with Gasteiger partial charge >= 0.3 is 12.2 Å². The van der Waals surface area contributed by atoms with Gasteiger partial charge < -0.3 is 34.4 Å². The molecule has 4 rings (SSSR count). The molecule has 1 unspecified atom stereocenters. The number of para-hydroxylation sites is 2. The molecule has 0 spiro atoms. The molecule has 12 nitrogen and oxygen atoms in total. The molecule has 13 heteroatoms. The minimum Gasteiger partial charge on any atom is -0.445 e. The maximum Gasteiger partial charge on any atom is 0.410 e. The topological polar surface area (TPSA) is 152 Å². The van der Waals surface area contributed by atoms with Gasteiger partial charge in [0.1, 0.15) is 23.8 Å². The van der Waals surface area contributed by atoms with Crippen LogP contribution >= 0.6 is 11.6 Å². The van der Waals surface area contributed by atoms with Gasteiger partial charge in [-0.25, -0.2) is 14.6 Å². The van der Waals surface area contributed by atoms with E-state index < -0.39 is 48.0 Å². The van der Waals surface area contributed by atoms with Crippen molar-refractivity contribution in [3.05, 3.63) is 77.7 Å². The third-order valence-corrected chi connectivity index (χ3v) is 7.66. The summed E-state index contributed by atoms with van der Waals surface area (Å²) >= 11 is 5.99. The van der Waals surface area contributed by atoms with Crippen LogP contribution in [0, 0.1) is 0 Å². The lowest BCUT2D eigenvalue weighted by atomic mass is 10.0. The number of alkyl carbamates (subject to hydrolysis) is 1. The first-order chi connectivity index (χ1) is 22.4. The maximum atomic E-state index is 13.8. The van der Waals surface area contributed by atoms with Crippen molar-refractivity contribution in [1.29, 1.82) is 0 Å². The highest BCUT2D eigenvalue weighted by molar-refractivity contribution is 6.30. The second-order valence-electron chi connectivity index (χ2n) is 12.3. The molecule has 3 N–H and O–H groups in total. The molecule has 0 bridgehead atoms. The van der Waals surface area contributed by atoms with Gasteiger partial charge in [0.05, 0.1) is 25.3 Å². The Morgan fingerprint density at radius 2 is 1.91 bits per heavy atom. The molecule has 0 saturated carbocycles. The van der Waals surface area contributed by atoms with Crippen LogP contribution in [0.5, 0.6) is 0 Å². The Morgan fingerprint density at radius 1 is 1.17 bits per heavy atom. The van der Waals surface area contributed by atoms with E-state index in [2.05, 4.69) is 22.2 Å². The van der Waals surface area contributed by atoms with Crippen LogP contribution in [0.3, 0.4) is 0 Å². The lowest BCUT2D eigenvalue weighted by molar-refractivity contribution is -0.127. The fraction of sp³-hybridized carbons (Fsp3) is 0.471. The Labute approximate surface area is 279 Å². The zero-order valence-electron chi connectivity index (χ0n) is 26.9. The third kappa shape index (κ3) is 10.7. The summed E-state index contributed by atoms with van der Waals surface area (Å²) in [6.45, 7) is 9.66. The molecule has 1 aliphatic rings. The van der Waals surface area contributed by atoms with Crippen molar-refractivity contribution in [2.45, 2.75) is 83.0 Å². The molecule has 254 valence electrons. The molecule has 1 fully saturated rings. The standard InChI is InChI=1S/C34H43ClN4O8/c1-5-18-44-33(43)39-20-24(45-21-22-13-15-23(35)16-14-22)19-27(39)30(41)37-26(11-8-9-17-36-32(42)47-34(2,3)4)29(40)31-38-25-10-6-7-12-28(25)46-31/h5-7,10,12-16,24,26-27,29,40H,1,8-9,11,17-21H2,2-4H3,(H,36,42)(H,37,41)/t24-,26+,27+,29?/m1/s1. The summed E-state index contributed by atoms with van der Waals surface area (Å²) in [4.78, 5) is 44.6. The van der Waals surface area contributed by atoms with Gasteiger partial charge in [-0.05, 0) is 69.9 Å². The van der Waals surface area contributed by atoms with E-state index in [0.29, 0.717) is 41.9 Å². The van der Waals surface area contributed by atoms with E-state index in [-0.39, 0.29) is 32.1 Å². The number of carbonyl (C=O) groups is 3. The smallest absolute Gasteiger partial charge is 0.410 e. The van der Waals surface area contributed by atoms with Gasteiger partial charge in [-0.1, -0.05) is 48.5 Å². The first-order valence-electron chi connectivity index (χ1n) is 15.6. The monoisotopic (exact) mass is 670 g/mol. The van der Waals surface area contributed by atoms with Crippen LogP contribution in [-0.4, -0.2) is 76.6 Å². The van der Waals surface area contributed by atoms with Gasteiger partial charge in [0, 0.05) is 18.0 Å². The highest BCUT2D eigenvalue weighted by atomic mass is 35.5. The summed E-state index contributed by atoms with van der Waals surface area (Å²) in [5.74, 6) is -0.425. The van der Waals surface area contributed by atoms with Crippen LogP contribution in [-0.2, 0) is 25.6 Å². The molecule has 1 aromatic heterocycles. The van der Waals surface area contributed by atoms with Crippen LogP contribution < -0.4 is 10.6 Å². The van der Waals surface area contributed by atoms with E-state index in [1.807, 2.05) is 18.2 Å². The fourth-order valence-corrected chi connectivity index (χ4v) is 5.27. The van der Waals surface area contributed by atoms with Crippen LogP contribution in [0.4, 0.5) is 9.59 Å². The van der Waals surface area contributed by atoms with E-state index in [0.717, 1.165) is 5.56 Å². The number of carbonyl (C=O) groups excluding carboxylic acids is 3. The highest BCUT2D eigenvalue weighted by Crippen LogP contribution is 2.27. The van der Waals surface area contributed by atoms with Gasteiger partial charge in [0.2, 0.25) is 11.8 Å². The lowest BCUT2D eigenvalue weighted by Gasteiger charge is -2.27. The molecule has 0 aliphatic carbocycles. The van der Waals surface area contributed by atoms with Crippen molar-refractivity contribution in [3.63, 3.8) is 0 Å². The van der Waals surface area contributed by atoms with Crippen molar-refractivity contribution < 1.29 is 38.1 Å². The van der Waals surface area contributed by atoms with Crippen molar-refractivity contribution in [3.8, 4) is 0 Å². The highest BCUT2D eigenvalue weighted by Gasteiger charge is 2.42. The quantitative estimate of drug-likeness (QED) is 0.145. The number of ether oxygens (including phenoxy) is 3. The van der Waals surface area contributed by atoms with Gasteiger partial charge in [-0.15, -0.1) is 0 Å². The second kappa shape index (κ2) is 16.6. The summed E-state index contributed by atoms with van der Waals surface area (Å²) in [5.41, 5.74) is 1.35. The molecule has 2 aromatic carbocycles. The fourth-order valence-electron chi connectivity index (χ4n) is 5.15. The summed E-state index contributed by atoms with van der Waals surface area (Å²) < 4.78 is 22.5. The number of likely N-dealkylation sites (tertiary alicyclic amines) is 1. The van der Waals surface area contributed by atoms with E-state index >= 15 is 0 Å². The number of rotatable bonds is 14. The number of nitrogens with zero attached hydrogens (tertiary/aromatic N) is 2. The minimum atomic E-state index is -1.29. The number of fused-ring (bicyclic) bond motifs is 1. The zero-order valence-corrected chi connectivity index (χ0v) is 27.7. The Bertz CT molecular complexity index is 1470. The normalized spacial score (nSPS) is 17.6. The second-order valence-corrected chi connectivity index (χ2v) is 12.8. The number of halogens is 1. The lowest BCUT2D eigenvalue weighted by Crippen LogP contribution is -2.50. The molecule has 2 heterocycles. The van der Waals surface area contributed by atoms with Crippen molar-refractivity contribution >= 4 is 40.8 Å². The number of oxazole rings is 1. The molecule has 1 aliphatic heterocycles.